The number of hydrogen-bond acceptors (Lipinski definition) is 2. The van der Waals surface area contributed by atoms with Crippen molar-refractivity contribution in [1.82, 2.24) is 5.32 Å². The van der Waals surface area contributed by atoms with Crippen LogP contribution in [0, 0.1) is 12.8 Å². The molecule has 0 bridgehead atoms. The number of rotatable bonds is 4. The van der Waals surface area contributed by atoms with E-state index in [0.29, 0.717) is 0 Å². The molecule has 1 N–H and O–H groups in total. The van der Waals surface area contributed by atoms with E-state index in [0.717, 1.165) is 24.8 Å². The zero-order chi connectivity index (χ0) is 10.5. The van der Waals surface area contributed by atoms with Crippen LogP contribution in [0.25, 0.3) is 0 Å². The molecule has 15 heavy (non-hydrogen) atoms. The van der Waals surface area contributed by atoms with Crippen molar-refractivity contribution in [3.63, 3.8) is 0 Å². The smallest absolute Gasteiger partial charge is 0.120 e. The van der Waals surface area contributed by atoms with Crippen LogP contribution in [0.4, 0.5) is 0 Å². The van der Waals surface area contributed by atoms with Gasteiger partial charge in [0.25, 0.3) is 0 Å². The molecule has 1 aliphatic carbocycles. The van der Waals surface area contributed by atoms with Crippen LogP contribution in [0.1, 0.15) is 43.4 Å². The minimum absolute atomic E-state index is 0.884. The summed E-state index contributed by atoms with van der Waals surface area (Å²) in [6.07, 6.45) is 8.87. The van der Waals surface area contributed by atoms with Crippen molar-refractivity contribution in [2.75, 3.05) is 6.54 Å². The highest BCUT2D eigenvalue weighted by atomic mass is 16.3. The van der Waals surface area contributed by atoms with Gasteiger partial charge in [0.1, 0.15) is 5.76 Å². The van der Waals surface area contributed by atoms with E-state index < -0.39 is 0 Å². The summed E-state index contributed by atoms with van der Waals surface area (Å²) in [5, 5.41) is 3.50. The summed E-state index contributed by atoms with van der Waals surface area (Å²) in [5.74, 6) is 1.99. The van der Waals surface area contributed by atoms with Gasteiger partial charge in [-0.1, -0.05) is 19.3 Å². The fraction of sp³-hybridized carbons (Fsp3) is 0.692. The zero-order valence-electron chi connectivity index (χ0n) is 9.59. The third kappa shape index (κ3) is 3.10. The SMILES string of the molecule is Cc1ccoc1CNCC1CCCCC1. The molecule has 84 valence electrons. The highest BCUT2D eigenvalue weighted by molar-refractivity contribution is 5.14. The molecule has 0 aliphatic heterocycles. The van der Waals surface area contributed by atoms with Gasteiger partial charge in [-0.05, 0) is 43.9 Å². The lowest BCUT2D eigenvalue weighted by molar-refractivity contribution is 0.336. The average molecular weight is 207 g/mol. The number of nitrogens with one attached hydrogen (secondary N) is 1. The Labute approximate surface area is 92.1 Å². The molecule has 0 spiro atoms. The van der Waals surface area contributed by atoms with Crippen molar-refractivity contribution in [3.05, 3.63) is 23.7 Å². The third-order valence-electron chi connectivity index (χ3n) is 3.41. The van der Waals surface area contributed by atoms with Gasteiger partial charge in [0.05, 0.1) is 12.8 Å². The summed E-state index contributed by atoms with van der Waals surface area (Å²) in [6.45, 7) is 4.14. The van der Waals surface area contributed by atoms with Crippen LogP contribution < -0.4 is 5.32 Å². The van der Waals surface area contributed by atoms with Gasteiger partial charge in [-0.3, -0.25) is 0 Å². The van der Waals surface area contributed by atoms with Crippen molar-refractivity contribution in [1.29, 1.82) is 0 Å². The standard InChI is InChI=1S/C13H21NO/c1-11-7-8-15-13(11)10-14-9-12-5-3-2-4-6-12/h7-8,12,14H,2-6,9-10H2,1H3. The lowest BCUT2D eigenvalue weighted by atomic mass is 9.89. The highest BCUT2D eigenvalue weighted by Crippen LogP contribution is 2.22. The van der Waals surface area contributed by atoms with Gasteiger partial charge in [0.2, 0.25) is 0 Å². The van der Waals surface area contributed by atoms with Crippen LogP contribution in [0.3, 0.4) is 0 Å². The molecule has 1 aromatic rings. The Balaban J connectivity index is 1.68. The van der Waals surface area contributed by atoms with Gasteiger partial charge < -0.3 is 9.73 Å². The first-order valence-corrected chi connectivity index (χ1v) is 6.10. The minimum Gasteiger partial charge on any atom is -0.468 e. The van der Waals surface area contributed by atoms with E-state index in [2.05, 4.69) is 12.2 Å². The number of aryl methyl sites for hydroxylation is 1. The monoisotopic (exact) mass is 207 g/mol. The first-order chi connectivity index (χ1) is 7.36. The molecule has 1 aromatic heterocycles. The Kier molecular flexibility index (Phi) is 3.84. The van der Waals surface area contributed by atoms with Crippen LogP contribution >= 0.6 is 0 Å². The number of hydrogen-bond donors (Lipinski definition) is 1. The molecule has 0 radical (unpaired) electrons. The molecule has 2 heteroatoms. The Bertz CT molecular complexity index is 286. The summed E-state index contributed by atoms with van der Waals surface area (Å²) in [7, 11) is 0. The van der Waals surface area contributed by atoms with Crippen LogP contribution in [0.5, 0.6) is 0 Å². The summed E-state index contributed by atoms with van der Waals surface area (Å²) < 4.78 is 5.39. The Hall–Kier alpha value is -0.760. The highest BCUT2D eigenvalue weighted by Gasteiger charge is 2.12. The number of furan rings is 1. The van der Waals surface area contributed by atoms with E-state index in [9.17, 15) is 0 Å². The van der Waals surface area contributed by atoms with Crippen molar-refractivity contribution in [3.8, 4) is 0 Å². The molecule has 1 heterocycles. The van der Waals surface area contributed by atoms with Crippen LogP contribution in [-0.4, -0.2) is 6.54 Å². The second-order valence-corrected chi connectivity index (χ2v) is 4.66. The molecular formula is C13H21NO. The molecular weight excluding hydrogens is 186 g/mol. The molecule has 0 amide bonds. The minimum atomic E-state index is 0.884. The van der Waals surface area contributed by atoms with Gasteiger partial charge in [-0.15, -0.1) is 0 Å². The second kappa shape index (κ2) is 5.36. The maximum absolute atomic E-state index is 5.39. The first kappa shape index (κ1) is 10.7. The van der Waals surface area contributed by atoms with Crippen molar-refractivity contribution in [2.24, 2.45) is 5.92 Å². The normalized spacial score (nSPS) is 18.2. The summed E-state index contributed by atoms with van der Waals surface area (Å²) in [5.41, 5.74) is 1.26. The van der Waals surface area contributed by atoms with Crippen molar-refractivity contribution in [2.45, 2.75) is 45.6 Å². The van der Waals surface area contributed by atoms with Crippen molar-refractivity contribution >= 4 is 0 Å². The molecule has 0 atom stereocenters. The van der Waals surface area contributed by atoms with Crippen molar-refractivity contribution < 1.29 is 4.42 Å². The fourth-order valence-corrected chi connectivity index (χ4v) is 2.37. The van der Waals surface area contributed by atoms with E-state index in [1.807, 2.05) is 6.07 Å². The summed E-state index contributed by atoms with van der Waals surface area (Å²) >= 11 is 0. The van der Waals surface area contributed by atoms with E-state index in [-0.39, 0.29) is 0 Å². The van der Waals surface area contributed by atoms with Gasteiger partial charge in [-0.25, -0.2) is 0 Å². The summed E-state index contributed by atoms with van der Waals surface area (Å²) in [6, 6.07) is 2.03. The molecule has 1 saturated carbocycles. The predicted molar refractivity (Wildman–Crippen MR) is 61.7 cm³/mol. The molecule has 2 rings (SSSR count). The molecule has 0 unspecified atom stereocenters. The Morgan fingerprint density at radius 1 is 1.33 bits per heavy atom. The molecule has 0 saturated heterocycles. The maximum atomic E-state index is 5.39. The van der Waals surface area contributed by atoms with Crippen LogP contribution in [-0.2, 0) is 6.54 Å². The molecule has 2 nitrogen and oxygen atoms in total. The zero-order valence-corrected chi connectivity index (χ0v) is 9.59. The van der Waals surface area contributed by atoms with E-state index in [1.165, 1.54) is 37.7 Å². The lowest BCUT2D eigenvalue weighted by Crippen LogP contribution is -2.24. The fourth-order valence-electron chi connectivity index (χ4n) is 2.37. The van der Waals surface area contributed by atoms with Gasteiger partial charge in [0, 0.05) is 0 Å². The van der Waals surface area contributed by atoms with Gasteiger partial charge in [0.15, 0.2) is 0 Å². The lowest BCUT2D eigenvalue weighted by Gasteiger charge is -2.21. The van der Waals surface area contributed by atoms with Crippen LogP contribution in [0.2, 0.25) is 0 Å². The van der Waals surface area contributed by atoms with Crippen LogP contribution in [0.15, 0.2) is 16.7 Å². The quantitative estimate of drug-likeness (QED) is 0.819. The van der Waals surface area contributed by atoms with Gasteiger partial charge in [-0.2, -0.15) is 0 Å². The molecule has 0 aromatic carbocycles. The van der Waals surface area contributed by atoms with E-state index in [4.69, 9.17) is 4.42 Å². The van der Waals surface area contributed by atoms with E-state index in [1.54, 1.807) is 6.26 Å². The Morgan fingerprint density at radius 3 is 2.80 bits per heavy atom. The van der Waals surface area contributed by atoms with Gasteiger partial charge >= 0.3 is 0 Å². The second-order valence-electron chi connectivity index (χ2n) is 4.66. The summed E-state index contributed by atoms with van der Waals surface area (Å²) in [4.78, 5) is 0. The molecule has 1 fully saturated rings. The third-order valence-corrected chi connectivity index (χ3v) is 3.41. The maximum Gasteiger partial charge on any atom is 0.120 e. The molecule has 1 aliphatic rings. The Morgan fingerprint density at radius 2 is 2.13 bits per heavy atom. The topological polar surface area (TPSA) is 25.2 Å². The average Bonchev–Trinajstić information content (AvgIpc) is 2.66. The first-order valence-electron chi connectivity index (χ1n) is 6.10. The predicted octanol–water partition coefficient (Wildman–Crippen LogP) is 3.26. The van der Waals surface area contributed by atoms with E-state index >= 15 is 0 Å². The largest absolute Gasteiger partial charge is 0.468 e.